The number of H-pyrrole nitrogens is 1. The molecule has 0 amide bonds. The molecule has 9 heteroatoms. The van der Waals surface area contributed by atoms with Crippen molar-refractivity contribution < 1.29 is 8.91 Å². The van der Waals surface area contributed by atoms with Crippen molar-refractivity contribution in [3.63, 3.8) is 0 Å². The molecule has 160 valence electrons. The van der Waals surface area contributed by atoms with Crippen LogP contribution in [0.4, 0.5) is 4.39 Å². The van der Waals surface area contributed by atoms with E-state index in [2.05, 4.69) is 19.9 Å². The zero-order valence-corrected chi connectivity index (χ0v) is 17.9. The van der Waals surface area contributed by atoms with Crippen molar-refractivity contribution in [2.45, 2.75) is 20.0 Å². The van der Waals surface area contributed by atoms with E-state index in [-0.39, 0.29) is 11.4 Å². The van der Waals surface area contributed by atoms with Crippen LogP contribution in [0.25, 0.3) is 21.3 Å². The Bertz CT molecular complexity index is 1260. The van der Waals surface area contributed by atoms with Crippen LogP contribution in [0.5, 0.6) is 0 Å². The molecule has 1 fully saturated rings. The first-order chi connectivity index (χ1) is 15.0. The Labute approximate surface area is 182 Å². The molecule has 1 saturated heterocycles. The number of hydrogen-bond acceptors (Lipinski definition) is 7. The predicted molar refractivity (Wildman–Crippen MR) is 117 cm³/mol. The first-order valence-corrected chi connectivity index (χ1v) is 11.1. The van der Waals surface area contributed by atoms with Gasteiger partial charge >= 0.3 is 0 Å². The van der Waals surface area contributed by atoms with Crippen LogP contribution in [0.2, 0.25) is 0 Å². The van der Waals surface area contributed by atoms with Crippen molar-refractivity contribution in [1.29, 1.82) is 0 Å². The van der Waals surface area contributed by atoms with E-state index in [4.69, 9.17) is 9.51 Å². The number of nitrogens with one attached hydrogen (secondary N) is 1. The van der Waals surface area contributed by atoms with Crippen LogP contribution in [0.3, 0.4) is 0 Å². The summed E-state index contributed by atoms with van der Waals surface area (Å²) in [7, 11) is 0. The summed E-state index contributed by atoms with van der Waals surface area (Å²) in [5.74, 6) is 1.20. The highest BCUT2D eigenvalue weighted by atomic mass is 32.1. The van der Waals surface area contributed by atoms with Crippen LogP contribution >= 0.6 is 11.3 Å². The quantitative estimate of drug-likeness (QED) is 0.514. The second kappa shape index (κ2) is 8.33. The third kappa shape index (κ3) is 4.30. The average molecular weight is 440 g/mol. The van der Waals surface area contributed by atoms with Crippen LogP contribution in [-0.4, -0.2) is 51.1 Å². The molecule has 5 rings (SSSR count). The molecule has 0 aliphatic carbocycles. The van der Waals surface area contributed by atoms with E-state index in [9.17, 15) is 9.18 Å². The summed E-state index contributed by atoms with van der Waals surface area (Å²) in [6.45, 7) is 6.92. The lowest BCUT2D eigenvalue weighted by molar-refractivity contribution is 0.118. The SMILES string of the molecule is Cc1cc(CN2CCN(Cc3nc4scc(-c5ccc(F)cc5)c4c(=O)[nH]3)CC2)no1. The maximum Gasteiger partial charge on any atom is 0.260 e. The third-order valence-electron chi connectivity index (χ3n) is 5.55. The van der Waals surface area contributed by atoms with Crippen molar-refractivity contribution in [3.8, 4) is 11.1 Å². The van der Waals surface area contributed by atoms with E-state index in [0.717, 1.165) is 55.3 Å². The van der Waals surface area contributed by atoms with Gasteiger partial charge in [0.1, 0.15) is 22.2 Å². The van der Waals surface area contributed by atoms with Crippen molar-refractivity contribution in [2.75, 3.05) is 26.2 Å². The molecule has 1 aliphatic rings. The number of aromatic nitrogens is 3. The van der Waals surface area contributed by atoms with Crippen LogP contribution in [0, 0.1) is 12.7 Å². The molecule has 0 spiro atoms. The molecule has 1 aromatic carbocycles. The lowest BCUT2D eigenvalue weighted by Crippen LogP contribution is -2.45. The summed E-state index contributed by atoms with van der Waals surface area (Å²) < 4.78 is 18.4. The first kappa shape index (κ1) is 20.0. The van der Waals surface area contributed by atoms with Crippen LogP contribution in [0.1, 0.15) is 17.3 Å². The summed E-state index contributed by atoms with van der Waals surface area (Å²) in [4.78, 5) is 25.8. The van der Waals surface area contributed by atoms with Gasteiger partial charge in [-0.2, -0.15) is 0 Å². The summed E-state index contributed by atoms with van der Waals surface area (Å²) in [5, 5.41) is 6.54. The number of benzene rings is 1. The zero-order valence-electron chi connectivity index (χ0n) is 17.1. The van der Waals surface area contributed by atoms with Crippen molar-refractivity contribution in [1.82, 2.24) is 24.9 Å². The number of rotatable bonds is 5. The Morgan fingerprint density at radius 3 is 2.52 bits per heavy atom. The fraction of sp³-hybridized carbons (Fsp3) is 0.318. The second-order valence-electron chi connectivity index (χ2n) is 7.83. The van der Waals surface area contributed by atoms with Gasteiger partial charge in [-0.05, 0) is 24.6 Å². The molecule has 0 unspecified atom stereocenters. The van der Waals surface area contributed by atoms with Gasteiger partial charge in [-0.25, -0.2) is 9.37 Å². The molecule has 4 heterocycles. The van der Waals surface area contributed by atoms with Crippen LogP contribution < -0.4 is 5.56 Å². The Morgan fingerprint density at radius 2 is 1.84 bits per heavy atom. The maximum atomic E-state index is 13.2. The number of hydrogen-bond donors (Lipinski definition) is 1. The Hall–Kier alpha value is -2.88. The molecule has 0 bridgehead atoms. The smallest absolute Gasteiger partial charge is 0.260 e. The Kier molecular flexibility index (Phi) is 5.39. The predicted octanol–water partition coefficient (Wildman–Crippen LogP) is 3.40. The molecular weight excluding hydrogens is 417 g/mol. The summed E-state index contributed by atoms with van der Waals surface area (Å²) in [6.07, 6.45) is 0. The van der Waals surface area contributed by atoms with Gasteiger partial charge in [-0.1, -0.05) is 17.3 Å². The highest BCUT2D eigenvalue weighted by molar-refractivity contribution is 7.17. The van der Waals surface area contributed by atoms with Gasteiger partial charge in [0.25, 0.3) is 5.56 Å². The van der Waals surface area contributed by atoms with Gasteiger partial charge in [-0.15, -0.1) is 11.3 Å². The third-order valence-corrected chi connectivity index (χ3v) is 6.42. The highest BCUT2D eigenvalue weighted by Crippen LogP contribution is 2.30. The monoisotopic (exact) mass is 439 g/mol. The molecule has 0 radical (unpaired) electrons. The number of fused-ring (bicyclic) bond motifs is 1. The van der Waals surface area contributed by atoms with Gasteiger partial charge < -0.3 is 9.51 Å². The molecule has 0 atom stereocenters. The van der Waals surface area contributed by atoms with E-state index < -0.39 is 0 Å². The van der Waals surface area contributed by atoms with Gasteiger partial charge in [0.15, 0.2) is 0 Å². The maximum absolute atomic E-state index is 13.2. The fourth-order valence-corrected chi connectivity index (χ4v) is 4.92. The minimum absolute atomic E-state index is 0.152. The molecule has 31 heavy (non-hydrogen) atoms. The molecule has 4 aromatic rings. The van der Waals surface area contributed by atoms with E-state index in [1.165, 1.54) is 23.5 Å². The van der Waals surface area contributed by atoms with Gasteiger partial charge in [0, 0.05) is 49.7 Å². The molecule has 0 saturated carbocycles. The zero-order chi connectivity index (χ0) is 21.4. The molecule has 3 aromatic heterocycles. The van der Waals surface area contributed by atoms with Crippen LogP contribution in [-0.2, 0) is 13.1 Å². The van der Waals surface area contributed by atoms with E-state index in [1.54, 1.807) is 12.1 Å². The molecule has 7 nitrogen and oxygen atoms in total. The Balaban J connectivity index is 1.27. The lowest BCUT2D eigenvalue weighted by atomic mass is 10.1. The van der Waals surface area contributed by atoms with Gasteiger partial charge in [0.2, 0.25) is 0 Å². The minimum atomic E-state index is -0.297. The van der Waals surface area contributed by atoms with Crippen molar-refractivity contribution in [3.05, 3.63) is 69.2 Å². The van der Waals surface area contributed by atoms with Crippen molar-refractivity contribution in [2.24, 2.45) is 0 Å². The van der Waals surface area contributed by atoms with E-state index in [1.807, 2.05) is 18.4 Å². The molecular formula is C22H22FN5O2S. The topological polar surface area (TPSA) is 78.3 Å². The first-order valence-electron chi connectivity index (χ1n) is 10.2. The minimum Gasteiger partial charge on any atom is -0.361 e. The van der Waals surface area contributed by atoms with Crippen LogP contribution in [0.15, 0.2) is 45.0 Å². The number of halogens is 1. The van der Waals surface area contributed by atoms with E-state index in [0.29, 0.717) is 22.6 Å². The number of thiophene rings is 1. The summed E-state index contributed by atoms with van der Waals surface area (Å²) in [5.41, 5.74) is 2.40. The van der Waals surface area contributed by atoms with Gasteiger partial charge in [0.05, 0.1) is 17.6 Å². The van der Waals surface area contributed by atoms with E-state index >= 15 is 0 Å². The highest BCUT2D eigenvalue weighted by Gasteiger charge is 2.20. The number of nitrogens with zero attached hydrogens (tertiary/aromatic N) is 4. The van der Waals surface area contributed by atoms with Crippen molar-refractivity contribution >= 4 is 21.6 Å². The number of piperazine rings is 1. The lowest BCUT2D eigenvalue weighted by Gasteiger charge is -2.33. The standard InChI is InChI=1S/C22H22FN5O2S/c1-14-10-17(26-30-14)11-27-6-8-28(9-7-27)12-19-24-21(29)20-18(13-31-22(20)25-19)15-2-4-16(23)5-3-15/h2-5,10,13H,6-9,11-12H2,1H3,(H,24,25,29). The fourth-order valence-electron chi connectivity index (χ4n) is 3.95. The summed E-state index contributed by atoms with van der Waals surface area (Å²) in [6, 6.07) is 8.14. The average Bonchev–Trinajstić information content (AvgIpc) is 3.36. The summed E-state index contributed by atoms with van der Waals surface area (Å²) >= 11 is 1.44. The normalized spacial score (nSPS) is 15.7. The molecule has 1 N–H and O–H groups in total. The molecule has 1 aliphatic heterocycles. The van der Waals surface area contributed by atoms with Gasteiger partial charge in [-0.3, -0.25) is 14.6 Å². The largest absolute Gasteiger partial charge is 0.361 e. The second-order valence-corrected chi connectivity index (χ2v) is 8.69. The Morgan fingerprint density at radius 1 is 1.13 bits per heavy atom. The number of aryl methyl sites for hydroxylation is 1. The number of aromatic amines is 1.